The maximum Gasteiger partial charge on any atom is 0.315 e. The van der Waals surface area contributed by atoms with Gasteiger partial charge in [0.15, 0.2) is 5.75 Å². The van der Waals surface area contributed by atoms with Gasteiger partial charge in [0, 0.05) is 25.4 Å². The number of hydrogen-bond donors (Lipinski definition) is 3. The van der Waals surface area contributed by atoms with Gasteiger partial charge < -0.3 is 29.4 Å². The van der Waals surface area contributed by atoms with Gasteiger partial charge in [-0.05, 0) is 12.1 Å². The molecule has 0 saturated carbocycles. The van der Waals surface area contributed by atoms with Crippen LogP contribution in [0, 0.1) is 10.1 Å². The SMILES string of the molecule is O=c1[nH]ccc(N2CCOCC2)c1-c1noc(-c2cc(O)c(O)c([N+](=O)[O-])c2)n1. The molecule has 1 aromatic carbocycles. The Labute approximate surface area is 162 Å². The van der Waals surface area contributed by atoms with E-state index in [-0.39, 0.29) is 22.8 Å². The average molecular weight is 401 g/mol. The Kier molecular flexibility index (Phi) is 4.60. The molecule has 4 rings (SSSR count). The molecule has 12 heteroatoms. The molecule has 0 amide bonds. The highest BCUT2D eigenvalue weighted by Gasteiger charge is 2.25. The molecule has 1 aliphatic heterocycles. The van der Waals surface area contributed by atoms with Crippen LogP contribution < -0.4 is 10.5 Å². The number of H-pyrrole nitrogens is 1. The normalized spacial score (nSPS) is 14.1. The van der Waals surface area contributed by atoms with Crippen molar-refractivity contribution in [2.75, 3.05) is 31.2 Å². The predicted molar refractivity (Wildman–Crippen MR) is 98.8 cm³/mol. The summed E-state index contributed by atoms with van der Waals surface area (Å²) < 4.78 is 10.5. The predicted octanol–water partition coefficient (Wildman–Crippen LogP) is 1.25. The molecular formula is C17H15N5O7. The Balaban J connectivity index is 1.78. The number of phenols is 2. The van der Waals surface area contributed by atoms with E-state index in [1.165, 1.54) is 6.20 Å². The van der Waals surface area contributed by atoms with E-state index in [9.17, 15) is 25.1 Å². The van der Waals surface area contributed by atoms with Crippen LogP contribution in [0.4, 0.5) is 11.4 Å². The first kappa shape index (κ1) is 18.4. The van der Waals surface area contributed by atoms with Crippen LogP contribution in [-0.4, -0.2) is 56.6 Å². The van der Waals surface area contributed by atoms with Crippen molar-refractivity contribution >= 4 is 11.4 Å². The highest BCUT2D eigenvalue weighted by Crippen LogP contribution is 2.39. The maximum atomic E-state index is 12.5. The Hall–Kier alpha value is -3.93. The van der Waals surface area contributed by atoms with Gasteiger partial charge in [-0.3, -0.25) is 14.9 Å². The number of nitro benzene ring substituents is 1. The molecule has 0 spiro atoms. The van der Waals surface area contributed by atoms with Gasteiger partial charge in [0.2, 0.25) is 11.6 Å². The van der Waals surface area contributed by atoms with Crippen molar-refractivity contribution in [2.45, 2.75) is 0 Å². The van der Waals surface area contributed by atoms with Crippen molar-refractivity contribution in [2.24, 2.45) is 0 Å². The van der Waals surface area contributed by atoms with Crippen molar-refractivity contribution in [3.8, 4) is 34.3 Å². The quantitative estimate of drug-likeness (QED) is 0.329. The summed E-state index contributed by atoms with van der Waals surface area (Å²) in [5, 5.41) is 34.3. The molecule has 3 aromatic rings. The van der Waals surface area contributed by atoms with Crippen LogP contribution in [0.25, 0.3) is 22.8 Å². The molecule has 3 heterocycles. The van der Waals surface area contributed by atoms with Crippen LogP contribution in [-0.2, 0) is 4.74 Å². The lowest BCUT2D eigenvalue weighted by atomic mass is 10.1. The van der Waals surface area contributed by atoms with Crippen molar-refractivity contribution in [1.29, 1.82) is 0 Å². The van der Waals surface area contributed by atoms with Crippen molar-refractivity contribution in [3.05, 3.63) is 44.9 Å². The van der Waals surface area contributed by atoms with Gasteiger partial charge in [0.25, 0.3) is 11.4 Å². The van der Waals surface area contributed by atoms with E-state index in [4.69, 9.17) is 9.26 Å². The monoisotopic (exact) mass is 401 g/mol. The van der Waals surface area contributed by atoms with Crippen LogP contribution in [0.5, 0.6) is 11.5 Å². The van der Waals surface area contributed by atoms with Gasteiger partial charge in [-0.15, -0.1) is 0 Å². The largest absolute Gasteiger partial charge is 0.504 e. The zero-order chi connectivity index (χ0) is 20.5. The molecule has 1 aliphatic rings. The first-order chi connectivity index (χ1) is 14.0. The summed E-state index contributed by atoms with van der Waals surface area (Å²) in [6.45, 7) is 2.19. The summed E-state index contributed by atoms with van der Waals surface area (Å²) in [4.78, 5) is 31.4. The summed E-state index contributed by atoms with van der Waals surface area (Å²) in [5.74, 6) is -1.75. The summed E-state index contributed by atoms with van der Waals surface area (Å²) >= 11 is 0. The van der Waals surface area contributed by atoms with Crippen molar-refractivity contribution in [3.63, 3.8) is 0 Å². The topological polar surface area (TPSA) is 168 Å². The lowest BCUT2D eigenvalue weighted by Gasteiger charge is -2.29. The Bertz CT molecular complexity index is 1130. The fourth-order valence-electron chi connectivity index (χ4n) is 3.06. The van der Waals surface area contributed by atoms with E-state index >= 15 is 0 Å². The lowest BCUT2D eigenvalue weighted by Crippen LogP contribution is -2.37. The lowest BCUT2D eigenvalue weighted by molar-refractivity contribution is -0.385. The first-order valence-corrected chi connectivity index (χ1v) is 8.55. The second-order valence-electron chi connectivity index (χ2n) is 6.21. The average Bonchev–Trinajstić information content (AvgIpc) is 3.20. The highest BCUT2D eigenvalue weighted by atomic mass is 16.6. The molecule has 2 aromatic heterocycles. The molecule has 0 unspecified atom stereocenters. The minimum Gasteiger partial charge on any atom is -0.504 e. The fourth-order valence-corrected chi connectivity index (χ4v) is 3.06. The summed E-state index contributed by atoms with van der Waals surface area (Å²) in [6.07, 6.45) is 1.51. The summed E-state index contributed by atoms with van der Waals surface area (Å²) in [6, 6.07) is 3.76. The summed E-state index contributed by atoms with van der Waals surface area (Å²) in [7, 11) is 0. The Morgan fingerprint density at radius 3 is 2.72 bits per heavy atom. The standard InChI is InChI=1S/C17H15N5O7/c23-12-8-9(7-11(14(12)24)22(26)27)17-19-15(20-29-17)13-10(1-2-18-16(13)25)21-3-5-28-6-4-21/h1-2,7-8,23-24H,3-6H2,(H,18,25). The third kappa shape index (κ3) is 3.36. The number of anilines is 1. The van der Waals surface area contributed by atoms with Crippen LogP contribution in [0.1, 0.15) is 0 Å². The number of morpholine rings is 1. The molecule has 3 N–H and O–H groups in total. The molecule has 1 fully saturated rings. The number of nitrogens with zero attached hydrogens (tertiary/aromatic N) is 4. The smallest absolute Gasteiger partial charge is 0.315 e. The Morgan fingerprint density at radius 2 is 2.00 bits per heavy atom. The molecule has 0 radical (unpaired) electrons. The zero-order valence-electron chi connectivity index (χ0n) is 14.9. The molecule has 29 heavy (non-hydrogen) atoms. The second-order valence-corrected chi connectivity index (χ2v) is 6.21. The third-order valence-corrected chi connectivity index (χ3v) is 4.45. The van der Waals surface area contributed by atoms with Gasteiger partial charge in [0.1, 0.15) is 5.56 Å². The molecule has 12 nitrogen and oxygen atoms in total. The number of aromatic nitrogens is 3. The van der Waals surface area contributed by atoms with Crippen LogP contribution in [0.15, 0.2) is 33.7 Å². The second kappa shape index (κ2) is 7.24. The van der Waals surface area contributed by atoms with E-state index in [1.54, 1.807) is 6.07 Å². The van der Waals surface area contributed by atoms with E-state index in [0.29, 0.717) is 32.0 Å². The van der Waals surface area contributed by atoms with E-state index in [1.807, 2.05) is 4.90 Å². The summed E-state index contributed by atoms with van der Waals surface area (Å²) in [5.41, 5.74) is -0.343. The number of nitro groups is 1. The number of aromatic amines is 1. The van der Waals surface area contributed by atoms with Gasteiger partial charge in [-0.1, -0.05) is 5.16 Å². The molecule has 0 bridgehead atoms. The maximum absolute atomic E-state index is 12.5. The van der Waals surface area contributed by atoms with Gasteiger partial charge in [0.05, 0.1) is 29.4 Å². The first-order valence-electron chi connectivity index (χ1n) is 8.55. The molecule has 1 saturated heterocycles. The molecule has 150 valence electrons. The number of phenolic OH excluding ortho intramolecular Hbond substituents is 2. The van der Waals surface area contributed by atoms with E-state index in [0.717, 1.165) is 12.1 Å². The van der Waals surface area contributed by atoms with Gasteiger partial charge in [-0.25, -0.2) is 0 Å². The Morgan fingerprint density at radius 1 is 1.24 bits per heavy atom. The number of aromatic hydroxyl groups is 2. The highest BCUT2D eigenvalue weighted by molar-refractivity contribution is 5.75. The van der Waals surface area contributed by atoms with Crippen LogP contribution >= 0.6 is 0 Å². The number of benzene rings is 1. The zero-order valence-corrected chi connectivity index (χ0v) is 14.9. The minimum absolute atomic E-state index is 0.0152. The number of rotatable bonds is 4. The molecule has 0 atom stereocenters. The van der Waals surface area contributed by atoms with E-state index in [2.05, 4.69) is 15.1 Å². The van der Waals surface area contributed by atoms with Gasteiger partial charge in [-0.2, -0.15) is 4.98 Å². The number of nitrogens with one attached hydrogen (secondary N) is 1. The van der Waals surface area contributed by atoms with Gasteiger partial charge >= 0.3 is 5.69 Å². The molecular weight excluding hydrogens is 386 g/mol. The number of pyridine rings is 1. The fraction of sp³-hybridized carbons (Fsp3) is 0.235. The third-order valence-electron chi connectivity index (χ3n) is 4.45. The van der Waals surface area contributed by atoms with E-state index < -0.39 is 27.7 Å². The van der Waals surface area contributed by atoms with Crippen molar-refractivity contribution < 1.29 is 24.4 Å². The van der Waals surface area contributed by atoms with Crippen LogP contribution in [0.3, 0.4) is 0 Å². The van der Waals surface area contributed by atoms with Crippen molar-refractivity contribution in [1.82, 2.24) is 15.1 Å². The van der Waals surface area contributed by atoms with Crippen LogP contribution in [0.2, 0.25) is 0 Å². The number of hydrogen-bond acceptors (Lipinski definition) is 10. The molecule has 0 aliphatic carbocycles. The minimum atomic E-state index is -0.868. The number of ether oxygens (including phenoxy) is 1.